The molecular weight excluding hydrogens is 492 g/mol. The summed E-state index contributed by atoms with van der Waals surface area (Å²) < 4.78 is 15.2. The zero-order valence-electron chi connectivity index (χ0n) is 22.0. The molecule has 0 bridgehead atoms. The maximum atomic E-state index is 12.7. The van der Waals surface area contributed by atoms with E-state index in [2.05, 4.69) is 31.7 Å². The first-order valence-corrected chi connectivity index (χ1v) is 11.9. The van der Waals surface area contributed by atoms with Gasteiger partial charge in [0.15, 0.2) is 6.61 Å². The van der Waals surface area contributed by atoms with Crippen molar-refractivity contribution in [1.82, 2.24) is 26.6 Å². The van der Waals surface area contributed by atoms with Crippen LogP contribution in [0.1, 0.15) is 45.4 Å². The van der Waals surface area contributed by atoms with Gasteiger partial charge in [-0.05, 0) is 38.5 Å². The lowest BCUT2D eigenvalue weighted by Gasteiger charge is -2.35. The molecule has 0 saturated heterocycles. The van der Waals surface area contributed by atoms with Gasteiger partial charge in [-0.25, -0.2) is 14.4 Å². The fourth-order valence-corrected chi connectivity index (χ4v) is 3.21. The Kier molecular flexibility index (Phi) is 18.3. The summed E-state index contributed by atoms with van der Waals surface area (Å²) in [6.07, 6.45) is 2.13. The van der Waals surface area contributed by atoms with Crippen LogP contribution in [0.15, 0.2) is 5.16 Å². The van der Waals surface area contributed by atoms with Crippen molar-refractivity contribution in [3.05, 3.63) is 0 Å². The molecule has 0 aliphatic carbocycles. The third-order valence-electron chi connectivity index (χ3n) is 4.90. The van der Waals surface area contributed by atoms with E-state index in [1.165, 1.54) is 34.3 Å². The molecular formula is C22H40N6O9. The van der Waals surface area contributed by atoms with Crippen molar-refractivity contribution in [1.29, 1.82) is 0 Å². The molecule has 0 atom stereocenters. The molecule has 0 aromatic heterocycles. The van der Waals surface area contributed by atoms with Gasteiger partial charge in [0.1, 0.15) is 0 Å². The van der Waals surface area contributed by atoms with Crippen LogP contribution in [-0.4, -0.2) is 96.0 Å². The number of hydrogen-bond donors (Lipinski definition) is 5. The van der Waals surface area contributed by atoms with E-state index in [1.807, 2.05) is 0 Å². The van der Waals surface area contributed by atoms with Gasteiger partial charge in [-0.3, -0.25) is 9.59 Å². The van der Waals surface area contributed by atoms with E-state index in [-0.39, 0.29) is 38.9 Å². The average Bonchev–Trinajstić information content (AvgIpc) is 2.88. The van der Waals surface area contributed by atoms with Crippen LogP contribution in [0.5, 0.6) is 0 Å². The Labute approximate surface area is 216 Å². The first kappa shape index (κ1) is 33.2. The number of ether oxygens (including phenoxy) is 3. The van der Waals surface area contributed by atoms with Crippen LogP contribution in [0.4, 0.5) is 14.4 Å². The number of oxime groups is 1. The van der Waals surface area contributed by atoms with Crippen LogP contribution >= 0.6 is 0 Å². The monoisotopic (exact) mass is 532 g/mol. The molecule has 5 N–H and O–H groups in total. The standard InChI is InChI=1S/C22H40N6O9/c1-17(29)26-11-12-27-37-16-18(30)28-22(8-5-13-34-19(31)23-2,9-6-14-35-20(32)24-3)10-7-15-36-21(33)25-4/h12H,5-11,13-16H2,1-4H3,(H,23,31)(H,24,32)(H,25,33)(H,26,29)(H,28,30)/b27-12+. The normalized spacial score (nSPS) is 10.7. The minimum absolute atomic E-state index is 0.116. The van der Waals surface area contributed by atoms with Gasteiger partial charge in [0.05, 0.1) is 32.6 Å². The lowest BCUT2D eigenvalue weighted by atomic mass is 9.83. The average molecular weight is 533 g/mol. The first-order chi connectivity index (χ1) is 17.7. The third-order valence-corrected chi connectivity index (χ3v) is 4.90. The van der Waals surface area contributed by atoms with E-state index in [1.54, 1.807) is 0 Å². The molecule has 0 aliphatic heterocycles. The minimum Gasteiger partial charge on any atom is -0.450 e. The summed E-state index contributed by atoms with van der Waals surface area (Å²) in [5.41, 5.74) is -0.801. The molecule has 0 rings (SSSR count). The highest BCUT2D eigenvalue weighted by molar-refractivity contribution is 5.78. The fourth-order valence-electron chi connectivity index (χ4n) is 3.21. The topological polar surface area (TPSA) is 195 Å². The first-order valence-electron chi connectivity index (χ1n) is 11.9. The second kappa shape index (κ2) is 20.4. The number of carbonyl (C=O) groups is 5. The van der Waals surface area contributed by atoms with Crippen molar-refractivity contribution in [3.63, 3.8) is 0 Å². The third kappa shape index (κ3) is 18.2. The summed E-state index contributed by atoms with van der Waals surface area (Å²) in [6.45, 7) is 1.49. The zero-order valence-corrected chi connectivity index (χ0v) is 22.0. The number of carbonyl (C=O) groups excluding carboxylic acids is 5. The molecule has 15 heteroatoms. The van der Waals surface area contributed by atoms with Gasteiger partial charge in [-0.15, -0.1) is 0 Å². The van der Waals surface area contributed by atoms with Crippen LogP contribution < -0.4 is 26.6 Å². The van der Waals surface area contributed by atoms with Crippen LogP contribution in [0.25, 0.3) is 0 Å². The van der Waals surface area contributed by atoms with Crippen LogP contribution in [0.2, 0.25) is 0 Å². The second-order valence-corrected chi connectivity index (χ2v) is 7.80. The molecule has 212 valence electrons. The minimum atomic E-state index is -0.801. The largest absolute Gasteiger partial charge is 0.450 e. The van der Waals surface area contributed by atoms with Crippen LogP contribution in [-0.2, 0) is 28.6 Å². The van der Waals surface area contributed by atoms with E-state index < -0.39 is 29.7 Å². The lowest BCUT2D eigenvalue weighted by Crippen LogP contribution is -2.50. The summed E-state index contributed by atoms with van der Waals surface area (Å²) >= 11 is 0. The maximum Gasteiger partial charge on any atom is 0.406 e. The van der Waals surface area contributed by atoms with Gasteiger partial charge < -0.3 is 45.6 Å². The highest BCUT2D eigenvalue weighted by Gasteiger charge is 2.31. The molecule has 5 amide bonds. The number of rotatable bonds is 18. The lowest BCUT2D eigenvalue weighted by molar-refractivity contribution is -0.128. The highest BCUT2D eigenvalue weighted by atomic mass is 16.6. The van der Waals surface area contributed by atoms with Crippen molar-refractivity contribution in [2.24, 2.45) is 5.16 Å². The Morgan fingerprint density at radius 3 is 1.57 bits per heavy atom. The number of alkyl carbamates (subject to hydrolysis) is 3. The van der Waals surface area contributed by atoms with Gasteiger partial charge in [0.25, 0.3) is 5.91 Å². The number of nitrogens with zero attached hydrogens (tertiary/aromatic N) is 1. The number of hydrogen-bond acceptors (Lipinski definition) is 10. The van der Waals surface area contributed by atoms with E-state index in [0.717, 1.165) is 0 Å². The van der Waals surface area contributed by atoms with E-state index in [0.29, 0.717) is 38.5 Å². The van der Waals surface area contributed by atoms with Crippen molar-refractivity contribution in [2.45, 2.75) is 51.0 Å². The summed E-state index contributed by atoms with van der Waals surface area (Å²) in [5.74, 6) is -0.682. The van der Waals surface area contributed by atoms with Gasteiger partial charge in [-0.1, -0.05) is 5.16 Å². The Bertz CT molecular complexity index is 688. The molecule has 0 fully saturated rings. The van der Waals surface area contributed by atoms with Gasteiger partial charge in [-0.2, -0.15) is 0 Å². The molecule has 0 unspecified atom stereocenters. The molecule has 15 nitrogen and oxygen atoms in total. The van der Waals surface area contributed by atoms with Crippen molar-refractivity contribution in [2.75, 3.05) is 54.1 Å². The number of nitrogens with one attached hydrogen (secondary N) is 5. The van der Waals surface area contributed by atoms with Crippen molar-refractivity contribution < 1.29 is 43.0 Å². The molecule has 37 heavy (non-hydrogen) atoms. The molecule has 0 spiro atoms. The fraction of sp³-hybridized carbons (Fsp3) is 0.727. The smallest absolute Gasteiger partial charge is 0.406 e. The Morgan fingerprint density at radius 2 is 1.19 bits per heavy atom. The second-order valence-electron chi connectivity index (χ2n) is 7.80. The molecule has 0 aliphatic rings. The molecule has 0 aromatic carbocycles. The van der Waals surface area contributed by atoms with Crippen molar-refractivity contribution >= 4 is 36.3 Å². The molecule has 0 saturated carbocycles. The summed E-state index contributed by atoms with van der Waals surface area (Å²) in [7, 11) is 4.35. The van der Waals surface area contributed by atoms with Gasteiger partial charge in [0.2, 0.25) is 5.91 Å². The van der Waals surface area contributed by atoms with Crippen LogP contribution in [0, 0.1) is 0 Å². The maximum absolute atomic E-state index is 12.7. The van der Waals surface area contributed by atoms with E-state index in [9.17, 15) is 24.0 Å². The Morgan fingerprint density at radius 1 is 0.757 bits per heavy atom. The van der Waals surface area contributed by atoms with Crippen LogP contribution in [0.3, 0.4) is 0 Å². The Hall–Kier alpha value is -3.78. The van der Waals surface area contributed by atoms with Gasteiger partial charge >= 0.3 is 18.3 Å². The molecule has 0 radical (unpaired) electrons. The molecule has 0 aromatic rings. The summed E-state index contributed by atoms with van der Waals surface area (Å²) in [4.78, 5) is 62.7. The van der Waals surface area contributed by atoms with E-state index in [4.69, 9.17) is 19.0 Å². The Balaban J connectivity index is 5.28. The van der Waals surface area contributed by atoms with Gasteiger partial charge in [0, 0.05) is 33.6 Å². The summed E-state index contributed by atoms with van der Waals surface area (Å²) in [6, 6.07) is 0. The quantitative estimate of drug-likeness (QED) is 0.0718. The predicted molar refractivity (Wildman–Crippen MR) is 133 cm³/mol. The zero-order chi connectivity index (χ0) is 27.9. The van der Waals surface area contributed by atoms with E-state index >= 15 is 0 Å². The molecule has 0 heterocycles. The predicted octanol–water partition coefficient (Wildman–Crippen LogP) is 0.389. The highest BCUT2D eigenvalue weighted by Crippen LogP contribution is 2.26. The van der Waals surface area contributed by atoms with Crippen molar-refractivity contribution in [3.8, 4) is 0 Å². The summed E-state index contributed by atoms with van der Waals surface area (Å²) in [5, 5.41) is 16.2. The SMILES string of the molecule is CNC(=O)OCCCC(CCCOC(=O)NC)(CCCOC(=O)NC)NC(=O)CO/N=C/CNC(C)=O. The number of amides is 5.